The van der Waals surface area contributed by atoms with Crippen molar-refractivity contribution in [1.29, 1.82) is 0 Å². The molecule has 0 amide bonds. The van der Waals surface area contributed by atoms with E-state index in [-0.39, 0.29) is 0 Å². The zero-order valence-electron chi connectivity index (χ0n) is 10.4. The second kappa shape index (κ2) is 6.38. The molecule has 3 heteroatoms. The highest BCUT2D eigenvalue weighted by molar-refractivity contribution is 5.57. The third kappa shape index (κ3) is 3.42. The van der Waals surface area contributed by atoms with E-state index in [1.165, 1.54) is 0 Å². The molecule has 0 saturated heterocycles. The molecule has 0 aliphatic carbocycles. The van der Waals surface area contributed by atoms with Crippen molar-refractivity contribution in [3.05, 3.63) is 24.3 Å². The minimum absolute atomic E-state index is 0.597. The maximum atomic E-state index is 5.56. The molecule has 1 atom stereocenters. The van der Waals surface area contributed by atoms with Gasteiger partial charge in [0, 0.05) is 13.6 Å². The summed E-state index contributed by atoms with van der Waals surface area (Å²) in [5.74, 6) is 1.52. The molecule has 0 spiro atoms. The Balaban J connectivity index is 2.68. The van der Waals surface area contributed by atoms with Crippen LogP contribution in [0, 0.1) is 5.92 Å². The van der Waals surface area contributed by atoms with Gasteiger partial charge in [-0.1, -0.05) is 19.1 Å². The van der Waals surface area contributed by atoms with Crippen molar-refractivity contribution >= 4 is 5.69 Å². The van der Waals surface area contributed by atoms with Crippen molar-refractivity contribution in [3.8, 4) is 5.75 Å². The van der Waals surface area contributed by atoms with Gasteiger partial charge >= 0.3 is 0 Å². The lowest BCUT2D eigenvalue weighted by molar-refractivity contribution is 0.413. The Morgan fingerprint density at radius 2 is 2.06 bits per heavy atom. The first-order valence-corrected chi connectivity index (χ1v) is 5.73. The average Bonchev–Trinajstić information content (AvgIpc) is 2.29. The summed E-state index contributed by atoms with van der Waals surface area (Å²) >= 11 is 0. The van der Waals surface area contributed by atoms with Crippen molar-refractivity contribution in [2.75, 3.05) is 32.1 Å². The predicted octanol–water partition coefficient (Wildman–Crippen LogP) is 2.12. The second-order valence-electron chi connectivity index (χ2n) is 4.23. The summed E-state index contributed by atoms with van der Waals surface area (Å²) in [4.78, 5) is 2.22. The van der Waals surface area contributed by atoms with Crippen LogP contribution in [0.2, 0.25) is 0 Å². The third-order valence-corrected chi connectivity index (χ3v) is 2.74. The molecule has 3 nitrogen and oxygen atoms in total. The molecule has 2 N–H and O–H groups in total. The van der Waals surface area contributed by atoms with Gasteiger partial charge in [-0.15, -0.1) is 0 Å². The molecule has 16 heavy (non-hydrogen) atoms. The number of ether oxygens (including phenoxy) is 1. The Kier molecular flexibility index (Phi) is 5.12. The highest BCUT2D eigenvalue weighted by Gasteiger charge is 2.10. The van der Waals surface area contributed by atoms with E-state index in [4.69, 9.17) is 10.5 Å². The molecular weight excluding hydrogens is 200 g/mol. The van der Waals surface area contributed by atoms with E-state index in [1.807, 2.05) is 18.2 Å². The van der Waals surface area contributed by atoms with E-state index in [2.05, 4.69) is 24.9 Å². The molecule has 0 fully saturated rings. The molecule has 1 unspecified atom stereocenters. The Labute approximate surface area is 98.2 Å². The second-order valence-corrected chi connectivity index (χ2v) is 4.23. The fourth-order valence-electron chi connectivity index (χ4n) is 1.89. The smallest absolute Gasteiger partial charge is 0.142 e. The quantitative estimate of drug-likeness (QED) is 0.801. The number of hydrogen-bond donors (Lipinski definition) is 1. The summed E-state index contributed by atoms with van der Waals surface area (Å²) in [7, 11) is 3.79. The van der Waals surface area contributed by atoms with Crippen LogP contribution in [0.1, 0.15) is 13.3 Å². The summed E-state index contributed by atoms with van der Waals surface area (Å²) in [6.07, 6.45) is 1.06. The number of nitrogens with two attached hydrogens (primary N) is 1. The van der Waals surface area contributed by atoms with Crippen LogP contribution in [0.4, 0.5) is 5.69 Å². The van der Waals surface area contributed by atoms with Crippen molar-refractivity contribution in [2.45, 2.75) is 13.3 Å². The fourth-order valence-corrected chi connectivity index (χ4v) is 1.89. The number of methoxy groups -OCH3 is 1. The summed E-state index contributed by atoms with van der Waals surface area (Å²) in [5, 5.41) is 0. The van der Waals surface area contributed by atoms with Crippen molar-refractivity contribution in [2.24, 2.45) is 11.7 Å². The lowest BCUT2D eigenvalue weighted by atomic mass is 10.1. The van der Waals surface area contributed by atoms with E-state index in [1.54, 1.807) is 7.11 Å². The van der Waals surface area contributed by atoms with Gasteiger partial charge in [-0.3, -0.25) is 0 Å². The largest absolute Gasteiger partial charge is 0.495 e. The molecule has 0 aliphatic heterocycles. The Morgan fingerprint density at radius 1 is 1.38 bits per heavy atom. The van der Waals surface area contributed by atoms with Crippen LogP contribution in [0.15, 0.2) is 24.3 Å². The molecule has 0 saturated carbocycles. The van der Waals surface area contributed by atoms with Gasteiger partial charge in [-0.25, -0.2) is 0 Å². The number of rotatable bonds is 6. The number of para-hydroxylation sites is 2. The molecule has 0 aromatic heterocycles. The average molecular weight is 222 g/mol. The van der Waals surface area contributed by atoms with Gasteiger partial charge in [0.05, 0.1) is 12.8 Å². The molecule has 90 valence electrons. The Morgan fingerprint density at radius 3 is 2.69 bits per heavy atom. The van der Waals surface area contributed by atoms with E-state index < -0.39 is 0 Å². The highest BCUT2D eigenvalue weighted by atomic mass is 16.5. The first kappa shape index (κ1) is 12.8. The molecule has 0 heterocycles. The number of nitrogens with zero attached hydrogens (tertiary/aromatic N) is 1. The summed E-state index contributed by atoms with van der Waals surface area (Å²) in [5.41, 5.74) is 6.69. The van der Waals surface area contributed by atoms with E-state index in [0.29, 0.717) is 5.92 Å². The highest BCUT2D eigenvalue weighted by Crippen LogP contribution is 2.27. The van der Waals surface area contributed by atoms with Gasteiger partial charge in [0.2, 0.25) is 0 Å². The lowest BCUT2D eigenvalue weighted by Crippen LogP contribution is -2.25. The zero-order valence-corrected chi connectivity index (χ0v) is 10.4. The summed E-state index contributed by atoms with van der Waals surface area (Å²) in [6, 6.07) is 8.08. The van der Waals surface area contributed by atoms with Crippen LogP contribution in [-0.4, -0.2) is 27.2 Å². The molecule has 1 rings (SSSR count). The maximum Gasteiger partial charge on any atom is 0.142 e. The van der Waals surface area contributed by atoms with Crippen molar-refractivity contribution in [3.63, 3.8) is 0 Å². The van der Waals surface area contributed by atoms with Crippen molar-refractivity contribution < 1.29 is 4.74 Å². The standard InChI is InChI=1S/C13H22N2O/c1-11(8-9-14)10-15(2)12-6-4-5-7-13(12)16-3/h4-7,11H,8-10,14H2,1-3H3. The van der Waals surface area contributed by atoms with Crippen LogP contribution < -0.4 is 15.4 Å². The number of hydrogen-bond acceptors (Lipinski definition) is 3. The Hall–Kier alpha value is -1.22. The lowest BCUT2D eigenvalue weighted by Gasteiger charge is -2.24. The monoisotopic (exact) mass is 222 g/mol. The fraction of sp³-hybridized carbons (Fsp3) is 0.538. The number of benzene rings is 1. The Bertz CT molecular complexity index is 315. The molecule has 0 aliphatic rings. The first-order valence-electron chi connectivity index (χ1n) is 5.73. The van der Waals surface area contributed by atoms with Gasteiger partial charge in [-0.05, 0) is 31.0 Å². The third-order valence-electron chi connectivity index (χ3n) is 2.74. The molecular formula is C13H22N2O. The SMILES string of the molecule is COc1ccccc1N(C)CC(C)CCN. The molecule has 0 radical (unpaired) electrons. The van der Waals surface area contributed by atoms with Crippen LogP contribution in [0.3, 0.4) is 0 Å². The zero-order chi connectivity index (χ0) is 12.0. The minimum Gasteiger partial charge on any atom is -0.495 e. The van der Waals surface area contributed by atoms with Gasteiger partial charge in [0.15, 0.2) is 0 Å². The van der Waals surface area contributed by atoms with E-state index in [9.17, 15) is 0 Å². The molecule has 0 bridgehead atoms. The predicted molar refractivity (Wildman–Crippen MR) is 69.1 cm³/mol. The van der Waals surface area contributed by atoms with Crippen LogP contribution >= 0.6 is 0 Å². The van der Waals surface area contributed by atoms with Crippen molar-refractivity contribution in [1.82, 2.24) is 0 Å². The normalized spacial score (nSPS) is 12.2. The summed E-state index contributed by atoms with van der Waals surface area (Å²) < 4.78 is 5.34. The molecule has 1 aromatic rings. The van der Waals surface area contributed by atoms with Crippen LogP contribution in [0.5, 0.6) is 5.75 Å². The maximum absolute atomic E-state index is 5.56. The van der Waals surface area contributed by atoms with E-state index >= 15 is 0 Å². The van der Waals surface area contributed by atoms with Gasteiger partial charge in [0.1, 0.15) is 5.75 Å². The van der Waals surface area contributed by atoms with Gasteiger partial charge < -0.3 is 15.4 Å². The molecule has 1 aromatic carbocycles. The van der Waals surface area contributed by atoms with Gasteiger partial charge in [0.25, 0.3) is 0 Å². The summed E-state index contributed by atoms with van der Waals surface area (Å²) in [6.45, 7) is 3.97. The topological polar surface area (TPSA) is 38.5 Å². The van der Waals surface area contributed by atoms with E-state index in [0.717, 1.165) is 30.9 Å². The minimum atomic E-state index is 0.597. The first-order chi connectivity index (χ1) is 7.69. The van der Waals surface area contributed by atoms with Gasteiger partial charge in [-0.2, -0.15) is 0 Å². The van der Waals surface area contributed by atoms with Crippen LogP contribution in [-0.2, 0) is 0 Å². The van der Waals surface area contributed by atoms with Crippen LogP contribution in [0.25, 0.3) is 0 Å². The number of anilines is 1.